The van der Waals surface area contributed by atoms with Gasteiger partial charge < -0.3 is 5.73 Å². The third-order valence-electron chi connectivity index (χ3n) is 4.43. The molecule has 2 aromatic rings. The van der Waals surface area contributed by atoms with Gasteiger partial charge in [-0.05, 0) is 37.0 Å². The van der Waals surface area contributed by atoms with Crippen LogP contribution in [-0.2, 0) is 25.8 Å². The molecule has 0 fully saturated rings. The fourth-order valence-corrected chi connectivity index (χ4v) is 3.19. The topological polar surface area (TPSA) is 43.8 Å². The maximum atomic E-state index is 6.46. The summed E-state index contributed by atoms with van der Waals surface area (Å²) in [5.74, 6) is 0.511. The minimum atomic E-state index is 0.191. The van der Waals surface area contributed by atoms with Crippen LogP contribution in [0.15, 0.2) is 30.3 Å². The number of hydrogen-bond acceptors (Lipinski definition) is 2. The van der Waals surface area contributed by atoms with Crippen molar-refractivity contribution in [3.63, 3.8) is 0 Å². The molecular formula is C17H23N3. The first-order valence-corrected chi connectivity index (χ1v) is 7.61. The summed E-state index contributed by atoms with van der Waals surface area (Å²) in [5.41, 5.74) is 11.8. The van der Waals surface area contributed by atoms with E-state index in [1.807, 2.05) is 0 Å². The Hall–Kier alpha value is -1.61. The van der Waals surface area contributed by atoms with Crippen molar-refractivity contribution >= 4 is 0 Å². The molecule has 0 saturated heterocycles. The zero-order chi connectivity index (χ0) is 14.1. The van der Waals surface area contributed by atoms with Crippen molar-refractivity contribution in [1.82, 2.24) is 9.78 Å². The highest BCUT2D eigenvalue weighted by molar-refractivity contribution is 5.41. The molecule has 3 nitrogen and oxygen atoms in total. The second-order valence-corrected chi connectivity index (χ2v) is 5.67. The van der Waals surface area contributed by atoms with E-state index < -0.39 is 0 Å². The van der Waals surface area contributed by atoms with Crippen LogP contribution in [0.1, 0.15) is 42.3 Å². The van der Waals surface area contributed by atoms with Gasteiger partial charge in [-0.3, -0.25) is 4.68 Å². The summed E-state index contributed by atoms with van der Waals surface area (Å²) >= 11 is 0. The molecule has 1 aromatic heterocycles. The second kappa shape index (κ2) is 5.41. The van der Waals surface area contributed by atoms with Gasteiger partial charge in [-0.2, -0.15) is 5.10 Å². The Morgan fingerprint density at radius 3 is 2.85 bits per heavy atom. The van der Waals surface area contributed by atoms with Crippen LogP contribution in [0.2, 0.25) is 0 Å². The summed E-state index contributed by atoms with van der Waals surface area (Å²) in [6, 6.07) is 11.1. The minimum absolute atomic E-state index is 0.191. The monoisotopic (exact) mass is 269 g/mol. The van der Waals surface area contributed by atoms with E-state index in [1.54, 1.807) is 0 Å². The molecule has 3 heteroatoms. The van der Waals surface area contributed by atoms with E-state index in [0.29, 0.717) is 5.92 Å². The van der Waals surface area contributed by atoms with E-state index in [2.05, 4.69) is 54.0 Å². The van der Waals surface area contributed by atoms with E-state index in [4.69, 9.17) is 5.73 Å². The highest BCUT2D eigenvalue weighted by Crippen LogP contribution is 2.37. The third-order valence-corrected chi connectivity index (χ3v) is 4.43. The third kappa shape index (κ3) is 2.27. The quantitative estimate of drug-likeness (QED) is 0.907. The summed E-state index contributed by atoms with van der Waals surface area (Å²) in [7, 11) is 0. The molecule has 1 heterocycles. The van der Waals surface area contributed by atoms with E-state index in [1.165, 1.54) is 22.5 Å². The van der Waals surface area contributed by atoms with Crippen LogP contribution in [0.3, 0.4) is 0 Å². The minimum Gasteiger partial charge on any atom is -0.327 e. The SMILES string of the molecule is CCc1cc(CC(N)C2Cc3ccccc32)n(CC)n1. The lowest BCUT2D eigenvalue weighted by Gasteiger charge is -2.34. The van der Waals surface area contributed by atoms with Gasteiger partial charge in [-0.25, -0.2) is 0 Å². The van der Waals surface area contributed by atoms with Crippen molar-refractivity contribution in [2.24, 2.45) is 5.73 Å². The van der Waals surface area contributed by atoms with Gasteiger partial charge in [0.15, 0.2) is 0 Å². The largest absolute Gasteiger partial charge is 0.327 e. The Kier molecular flexibility index (Phi) is 3.62. The molecule has 2 unspecified atom stereocenters. The van der Waals surface area contributed by atoms with Crippen LogP contribution in [0, 0.1) is 0 Å². The molecule has 0 bridgehead atoms. The summed E-state index contributed by atoms with van der Waals surface area (Å²) < 4.78 is 2.10. The fraction of sp³-hybridized carbons (Fsp3) is 0.471. The smallest absolute Gasteiger partial charge is 0.0624 e. The van der Waals surface area contributed by atoms with Gasteiger partial charge in [-0.15, -0.1) is 0 Å². The normalized spacial score (nSPS) is 18.4. The van der Waals surface area contributed by atoms with Crippen molar-refractivity contribution in [3.8, 4) is 0 Å². The molecule has 0 amide bonds. The lowest BCUT2D eigenvalue weighted by molar-refractivity contribution is 0.464. The number of aromatic nitrogens is 2. The average Bonchev–Trinajstić information content (AvgIpc) is 2.82. The van der Waals surface area contributed by atoms with Crippen LogP contribution in [0.25, 0.3) is 0 Å². The van der Waals surface area contributed by atoms with Crippen LogP contribution >= 0.6 is 0 Å². The Morgan fingerprint density at radius 1 is 1.35 bits per heavy atom. The molecule has 1 aromatic carbocycles. The number of hydrogen-bond donors (Lipinski definition) is 1. The predicted octanol–water partition coefficient (Wildman–Crippen LogP) is 2.68. The molecule has 0 saturated carbocycles. The number of rotatable bonds is 5. The van der Waals surface area contributed by atoms with Gasteiger partial charge in [0.05, 0.1) is 5.69 Å². The van der Waals surface area contributed by atoms with Crippen LogP contribution in [0.5, 0.6) is 0 Å². The molecular weight excluding hydrogens is 246 g/mol. The predicted molar refractivity (Wildman–Crippen MR) is 81.8 cm³/mol. The molecule has 1 aliphatic rings. The van der Waals surface area contributed by atoms with Gasteiger partial charge in [0.2, 0.25) is 0 Å². The Balaban J connectivity index is 1.74. The highest BCUT2D eigenvalue weighted by Gasteiger charge is 2.31. The molecule has 106 valence electrons. The van der Waals surface area contributed by atoms with Crippen LogP contribution < -0.4 is 5.73 Å². The van der Waals surface area contributed by atoms with Crippen LogP contribution in [0.4, 0.5) is 0 Å². The van der Waals surface area contributed by atoms with Crippen LogP contribution in [-0.4, -0.2) is 15.8 Å². The Morgan fingerprint density at radius 2 is 2.15 bits per heavy atom. The standard InChI is InChI=1S/C17H23N3/c1-3-13-10-14(20(4-2)19-13)11-17(18)16-9-12-7-5-6-8-15(12)16/h5-8,10,16-17H,3-4,9,11,18H2,1-2H3. The number of nitrogens with zero attached hydrogens (tertiary/aromatic N) is 2. The molecule has 0 radical (unpaired) electrons. The first-order valence-electron chi connectivity index (χ1n) is 7.61. The highest BCUT2D eigenvalue weighted by atomic mass is 15.3. The van der Waals surface area contributed by atoms with E-state index >= 15 is 0 Å². The zero-order valence-corrected chi connectivity index (χ0v) is 12.3. The van der Waals surface area contributed by atoms with Crippen molar-refractivity contribution in [1.29, 1.82) is 0 Å². The number of benzene rings is 1. The lowest BCUT2D eigenvalue weighted by Crippen LogP contribution is -2.37. The maximum absolute atomic E-state index is 6.46. The van der Waals surface area contributed by atoms with E-state index in [0.717, 1.165) is 25.8 Å². The molecule has 2 N–H and O–H groups in total. The summed E-state index contributed by atoms with van der Waals surface area (Å²) in [6.07, 6.45) is 3.03. The van der Waals surface area contributed by atoms with Crippen molar-refractivity contribution in [2.45, 2.75) is 51.6 Å². The van der Waals surface area contributed by atoms with Gasteiger partial charge in [0, 0.05) is 30.6 Å². The van der Waals surface area contributed by atoms with Gasteiger partial charge in [-0.1, -0.05) is 31.2 Å². The Bertz CT molecular complexity index is 600. The molecule has 1 aliphatic carbocycles. The molecule has 3 rings (SSSR count). The number of nitrogens with two attached hydrogens (primary N) is 1. The Labute approximate surface area is 120 Å². The number of aryl methyl sites for hydroxylation is 2. The first-order chi connectivity index (χ1) is 9.72. The fourth-order valence-electron chi connectivity index (χ4n) is 3.19. The van der Waals surface area contributed by atoms with E-state index in [-0.39, 0.29) is 6.04 Å². The molecule has 20 heavy (non-hydrogen) atoms. The van der Waals surface area contributed by atoms with Crippen molar-refractivity contribution in [2.75, 3.05) is 0 Å². The van der Waals surface area contributed by atoms with Gasteiger partial charge in [0.1, 0.15) is 0 Å². The summed E-state index contributed by atoms with van der Waals surface area (Å²) in [4.78, 5) is 0. The summed E-state index contributed by atoms with van der Waals surface area (Å²) in [5, 5.41) is 4.61. The molecule has 2 atom stereocenters. The lowest BCUT2D eigenvalue weighted by atomic mass is 9.73. The van der Waals surface area contributed by atoms with Crippen molar-refractivity contribution in [3.05, 3.63) is 52.8 Å². The average molecular weight is 269 g/mol. The number of fused-ring (bicyclic) bond motifs is 1. The zero-order valence-electron chi connectivity index (χ0n) is 12.3. The van der Waals surface area contributed by atoms with Gasteiger partial charge in [0.25, 0.3) is 0 Å². The molecule has 0 aliphatic heterocycles. The summed E-state index contributed by atoms with van der Waals surface area (Å²) in [6.45, 7) is 5.21. The van der Waals surface area contributed by atoms with Crippen molar-refractivity contribution < 1.29 is 0 Å². The second-order valence-electron chi connectivity index (χ2n) is 5.67. The first kappa shape index (κ1) is 13.4. The molecule has 0 spiro atoms. The van der Waals surface area contributed by atoms with E-state index in [9.17, 15) is 0 Å². The maximum Gasteiger partial charge on any atom is 0.0624 e. The van der Waals surface area contributed by atoms with Gasteiger partial charge >= 0.3 is 0 Å².